The fraction of sp³-hybridized carbons (Fsp3) is 0.158. The van der Waals surface area contributed by atoms with Gasteiger partial charge in [0.25, 0.3) is 5.91 Å². The van der Waals surface area contributed by atoms with Gasteiger partial charge in [0.05, 0.1) is 15.7 Å². The Labute approximate surface area is 146 Å². The number of aromatic amines is 1. The second-order valence-corrected chi connectivity index (χ2v) is 7.17. The highest BCUT2D eigenvalue weighted by Gasteiger charge is 2.25. The molecule has 25 heavy (non-hydrogen) atoms. The van der Waals surface area contributed by atoms with Crippen molar-refractivity contribution in [2.75, 3.05) is 6.54 Å². The van der Waals surface area contributed by atoms with Crippen LogP contribution in [0.5, 0.6) is 0 Å². The van der Waals surface area contributed by atoms with Crippen LogP contribution in [-0.4, -0.2) is 27.3 Å². The van der Waals surface area contributed by atoms with Crippen LogP contribution in [0.4, 0.5) is 4.39 Å². The first-order valence-electron chi connectivity index (χ1n) is 8.10. The molecule has 0 atom stereocenters. The molecule has 1 aliphatic rings. The number of thiazole rings is 1. The molecule has 1 aliphatic heterocycles. The summed E-state index contributed by atoms with van der Waals surface area (Å²) in [6.07, 6.45) is 0.750. The quantitative estimate of drug-likeness (QED) is 0.561. The van der Waals surface area contributed by atoms with Crippen molar-refractivity contribution in [1.29, 1.82) is 0 Å². The molecule has 1 amide bonds. The summed E-state index contributed by atoms with van der Waals surface area (Å²) in [7, 11) is 0. The van der Waals surface area contributed by atoms with Crippen molar-refractivity contribution in [2.45, 2.75) is 13.0 Å². The van der Waals surface area contributed by atoms with E-state index < -0.39 is 0 Å². The van der Waals surface area contributed by atoms with E-state index in [0.29, 0.717) is 18.7 Å². The predicted octanol–water partition coefficient (Wildman–Crippen LogP) is 4.12. The van der Waals surface area contributed by atoms with Crippen molar-refractivity contribution >= 4 is 38.4 Å². The van der Waals surface area contributed by atoms with E-state index in [4.69, 9.17) is 0 Å². The van der Waals surface area contributed by atoms with Gasteiger partial charge in [0.1, 0.15) is 5.82 Å². The minimum atomic E-state index is -0.256. The van der Waals surface area contributed by atoms with Crippen molar-refractivity contribution in [3.05, 3.63) is 64.5 Å². The first kappa shape index (κ1) is 14.6. The van der Waals surface area contributed by atoms with Crippen LogP contribution in [0.3, 0.4) is 0 Å². The number of carbonyl (C=O) groups is 1. The molecule has 0 aliphatic carbocycles. The Bertz CT molecular complexity index is 1130. The lowest BCUT2D eigenvalue weighted by Gasteiger charge is -2.27. The third-order valence-electron chi connectivity index (χ3n) is 4.80. The predicted molar refractivity (Wildman–Crippen MR) is 96.3 cm³/mol. The number of hydrogen-bond acceptors (Lipinski definition) is 3. The van der Waals surface area contributed by atoms with Crippen LogP contribution in [0.2, 0.25) is 0 Å². The summed E-state index contributed by atoms with van der Waals surface area (Å²) in [5, 5.41) is 0.866. The number of rotatable bonds is 1. The van der Waals surface area contributed by atoms with Gasteiger partial charge in [-0.25, -0.2) is 9.37 Å². The Morgan fingerprint density at radius 3 is 3.08 bits per heavy atom. The molecule has 0 bridgehead atoms. The number of amides is 1. The largest absolute Gasteiger partial charge is 0.358 e. The van der Waals surface area contributed by atoms with Gasteiger partial charge in [-0.15, -0.1) is 11.3 Å². The number of aromatic nitrogens is 2. The van der Waals surface area contributed by atoms with Gasteiger partial charge in [-0.05, 0) is 36.4 Å². The van der Waals surface area contributed by atoms with E-state index in [-0.39, 0.29) is 11.7 Å². The molecule has 0 radical (unpaired) electrons. The van der Waals surface area contributed by atoms with Crippen molar-refractivity contribution in [3.63, 3.8) is 0 Å². The van der Waals surface area contributed by atoms with E-state index in [9.17, 15) is 9.18 Å². The number of nitrogens with one attached hydrogen (secondary N) is 1. The van der Waals surface area contributed by atoms with Gasteiger partial charge < -0.3 is 9.88 Å². The average molecular weight is 351 g/mol. The molecule has 0 spiro atoms. The van der Waals surface area contributed by atoms with Crippen LogP contribution in [-0.2, 0) is 13.0 Å². The standard InChI is InChI=1S/C19H14FN3OS/c20-12-2-4-15-13(8-12)14-9-23(6-5-16(14)22-15)19(24)11-1-3-17-18(7-11)25-10-21-17/h1-4,7-8,10,22H,5-6,9H2. The lowest BCUT2D eigenvalue weighted by atomic mass is 10.0. The molecule has 0 fully saturated rings. The van der Waals surface area contributed by atoms with Crippen LogP contribution < -0.4 is 0 Å². The molecular weight excluding hydrogens is 337 g/mol. The summed E-state index contributed by atoms with van der Waals surface area (Å²) in [5.41, 5.74) is 6.41. The third kappa shape index (κ3) is 2.33. The Kier molecular flexibility index (Phi) is 3.15. The molecule has 4 nitrogen and oxygen atoms in total. The highest BCUT2D eigenvalue weighted by molar-refractivity contribution is 7.16. The van der Waals surface area contributed by atoms with Gasteiger partial charge in [0.15, 0.2) is 0 Å². The molecule has 5 rings (SSSR count). The van der Waals surface area contributed by atoms with E-state index in [1.54, 1.807) is 17.6 Å². The number of halogens is 1. The Morgan fingerprint density at radius 2 is 2.16 bits per heavy atom. The molecule has 2 aromatic carbocycles. The van der Waals surface area contributed by atoms with Gasteiger partial charge in [-0.1, -0.05) is 0 Å². The fourth-order valence-corrected chi connectivity index (χ4v) is 4.25. The third-order valence-corrected chi connectivity index (χ3v) is 5.59. The summed E-state index contributed by atoms with van der Waals surface area (Å²) in [4.78, 5) is 22.4. The van der Waals surface area contributed by atoms with E-state index in [1.807, 2.05) is 23.1 Å². The van der Waals surface area contributed by atoms with Gasteiger partial charge >= 0.3 is 0 Å². The maximum atomic E-state index is 13.6. The minimum absolute atomic E-state index is 0.00621. The topological polar surface area (TPSA) is 49.0 Å². The second kappa shape index (κ2) is 5.39. The molecule has 124 valence electrons. The molecule has 2 aromatic heterocycles. The summed E-state index contributed by atoms with van der Waals surface area (Å²) in [5.74, 6) is -0.250. The molecular formula is C19H14FN3OS. The summed E-state index contributed by atoms with van der Waals surface area (Å²) in [6, 6.07) is 10.4. The number of nitrogens with zero attached hydrogens (tertiary/aromatic N) is 2. The molecule has 4 aromatic rings. The highest BCUT2D eigenvalue weighted by atomic mass is 32.1. The minimum Gasteiger partial charge on any atom is -0.358 e. The summed E-state index contributed by atoms with van der Waals surface area (Å²) in [6.45, 7) is 1.15. The van der Waals surface area contributed by atoms with Gasteiger partial charge in [-0.3, -0.25) is 4.79 Å². The van der Waals surface area contributed by atoms with Crippen LogP contribution in [0.1, 0.15) is 21.6 Å². The van der Waals surface area contributed by atoms with Crippen LogP contribution >= 0.6 is 11.3 Å². The number of fused-ring (bicyclic) bond motifs is 4. The molecule has 0 unspecified atom stereocenters. The lowest BCUT2D eigenvalue weighted by molar-refractivity contribution is 0.0735. The van der Waals surface area contributed by atoms with E-state index in [0.717, 1.165) is 38.8 Å². The van der Waals surface area contributed by atoms with Crippen LogP contribution in [0.15, 0.2) is 41.9 Å². The van der Waals surface area contributed by atoms with Gasteiger partial charge in [0, 0.05) is 47.2 Å². The van der Waals surface area contributed by atoms with Crippen LogP contribution in [0, 0.1) is 5.82 Å². The van der Waals surface area contributed by atoms with Gasteiger partial charge in [-0.2, -0.15) is 0 Å². The SMILES string of the molecule is O=C(c1ccc2ncsc2c1)N1CCc2[nH]c3ccc(F)cc3c2C1. The number of hydrogen-bond donors (Lipinski definition) is 1. The maximum Gasteiger partial charge on any atom is 0.254 e. The van der Waals surface area contributed by atoms with E-state index >= 15 is 0 Å². The first-order chi connectivity index (χ1) is 12.2. The molecule has 3 heterocycles. The Morgan fingerprint density at radius 1 is 1.24 bits per heavy atom. The highest BCUT2D eigenvalue weighted by Crippen LogP contribution is 2.29. The number of carbonyl (C=O) groups excluding carboxylic acids is 1. The van der Waals surface area contributed by atoms with Crippen molar-refractivity contribution < 1.29 is 9.18 Å². The number of benzene rings is 2. The summed E-state index contributed by atoms with van der Waals surface area (Å²) >= 11 is 1.53. The van der Waals surface area contributed by atoms with Crippen molar-refractivity contribution in [2.24, 2.45) is 0 Å². The van der Waals surface area contributed by atoms with E-state index in [1.165, 1.54) is 17.4 Å². The monoisotopic (exact) mass is 351 g/mol. The zero-order valence-electron chi connectivity index (χ0n) is 13.3. The average Bonchev–Trinajstić information content (AvgIpc) is 3.24. The first-order valence-corrected chi connectivity index (χ1v) is 8.98. The molecule has 6 heteroatoms. The molecule has 0 saturated carbocycles. The van der Waals surface area contributed by atoms with Crippen molar-refractivity contribution in [3.8, 4) is 0 Å². The second-order valence-electron chi connectivity index (χ2n) is 6.28. The van der Waals surface area contributed by atoms with Gasteiger partial charge in [0.2, 0.25) is 0 Å². The maximum absolute atomic E-state index is 13.6. The molecule has 0 saturated heterocycles. The molecule has 1 N–H and O–H groups in total. The zero-order chi connectivity index (χ0) is 17.0. The van der Waals surface area contributed by atoms with Crippen molar-refractivity contribution in [1.82, 2.24) is 14.9 Å². The zero-order valence-corrected chi connectivity index (χ0v) is 14.1. The lowest BCUT2D eigenvalue weighted by Crippen LogP contribution is -2.35. The number of H-pyrrole nitrogens is 1. The fourth-order valence-electron chi connectivity index (χ4n) is 3.53. The van der Waals surface area contributed by atoms with E-state index in [2.05, 4.69) is 9.97 Å². The Balaban J connectivity index is 1.50. The normalized spacial score (nSPS) is 14.2. The van der Waals surface area contributed by atoms with Crippen LogP contribution in [0.25, 0.3) is 21.1 Å². The smallest absolute Gasteiger partial charge is 0.254 e. The summed E-state index contributed by atoms with van der Waals surface area (Å²) < 4.78 is 14.6. The Hall–Kier alpha value is -2.73.